The number of carboxylic acids is 1. The van der Waals surface area contributed by atoms with Gasteiger partial charge < -0.3 is 5.11 Å². The van der Waals surface area contributed by atoms with E-state index >= 15 is 0 Å². The zero-order chi connectivity index (χ0) is 7.98. The molecule has 2 nitrogen and oxygen atoms in total. The molecule has 0 saturated heterocycles. The van der Waals surface area contributed by atoms with Gasteiger partial charge in [-0.2, -0.15) is 0 Å². The first-order valence-corrected chi connectivity index (χ1v) is 2.81. The largest absolute Gasteiger partial charge is 0.480 e. The number of terminal acetylenes is 1. The topological polar surface area (TPSA) is 37.3 Å². The molecule has 10 heavy (non-hydrogen) atoms. The van der Waals surface area contributed by atoms with Crippen LogP contribution in [0.4, 0.5) is 0 Å². The minimum absolute atomic E-state index is 0.177. The fraction of sp³-hybridized carbons (Fsp3) is 0.375. The Morgan fingerprint density at radius 3 is 2.70 bits per heavy atom. The third-order valence-electron chi connectivity index (χ3n) is 0.939. The van der Waals surface area contributed by atoms with Gasteiger partial charge in [0, 0.05) is 6.42 Å². The average Bonchev–Trinajstić information content (AvgIpc) is 1.87. The summed E-state index contributed by atoms with van der Waals surface area (Å²) in [5, 5.41) is 8.44. The Hall–Kier alpha value is -1.41. The lowest BCUT2D eigenvalue weighted by Crippen LogP contribution is -2.10. The maximum absolute atomic E-state index is 10.3. The van der Waals surface area contributed by atoms with Gasteiger partial charge in [0.25, 0.3) is 0 Å². The summed E-state index contributed by atoms with van der Waals surface area (Å²) < 4.78 is 0. The van der Waals surface area contributed by atoms with E-state index in [-0.39, 0.29) is 6.42 Å². The number of hydrogen-bond donors (Lipinski definition) is 1. The average molecular weight is 136 g/mol. The van der Waals surface area contributed by atoms with Crippen LogP contribution in [0.3, 0.4) is 0 Å². The predicted molar refractivity (Wildman–Crippen MR) is 38.0 cm³/mol. The SMILES string of the molecule is C#CCC(C#CC)C(=O)O. The molecule has 0 aromatic heterocycles. The van der Waals surface area contributed by atoms with Crippen molar-refractivity contribution in [3.8, 4) is 24.2 Å². The fourth-order valence-electron chi connectivity index (χ4n) is 0.492. The first-order valence-electron chi connectivity index (χ1n) is 2.81. The molecule has 0 aromatic carbocycles. The highest BCUT2D eigenvalue weighted by atomic mass is 16.4. The Labute approximate surface area is 60.2 Å². The number of carbonyl (C=O) groups is 1. The van der Waals surface area contributed by atoms with E-state index in [0.717, 1.165) is 0 Å². The molecule has 0 fully saturated rings. The minimum atomic E-state index is -0.952. The zero-order valence-electron chi connectivity index (χ0n) is 5.72. The molecule has 1 atom stereocenters. The van der Waals surface area contributed by atoms with E-state index < -0.39 is 11.9 Å². The van der Waals surface area contributed by atoms with Crippen molar-refractivity contribution in [1.82, 2.24) is 0 Å². The summed E-state index contributed by atoms with van der Waals surface area (Å²) in [5.74, 6) is 5.60. The van der Waals surface area contributed by atoms with Gasteiger partial charge in [0.05, 0.1) is 0 Å². The second-order valence-electron chi connectivity index (χ2n) is 1.69. The van der Waals surface area contributed by atoms with Gasteiger partial charge in [-0.05, 0) is 6.92 Å². The van der Waals surface area contributed by atoms with Gasteiger partial charge in [0.2, 0.25) is 0 Å². The predicted octanol–water partition coefficient (Wildman–Crippen LogP) is 0.734. The molecule has 0 heterocycles. The van der Waals surface area contributed by atoms with Crippen LogP contribution in [0, 0.1) is 30.1 Å². The molecule has 0 amide bonds. The summed E-state index contributed by atoms with van der Waals surface area (Å²) >= 11 is 0. The van der Waals surface area contributed by atoms with Crippen molar-refractivity contribution < 1.29 is 9.90 Å². The molecule has 0 rings (SSSR count). The fourth-order valence-corrected chi connectivity index (χ4v) is 0.492. The number of aliphatic carboxylic acids is 1. The van der Waals surface area contributed by atoms with Crippen LogP contribution in [-0.2, 0) is 4.79 Å². The normalized spacial score (nSPS) is 10.4. The molecular formula is C8H8O2. The smallest absolute Gasteiger partial charge is 0.319 e. The first kappa shape index (κ1) is 8.59. The summed E-state index contributed by atoms with van der Waals surface area (Å²) in [6, 6.07) is 0. The Morgan fingerprint density at radius 2 is 2.40 bits per heavy atom. The van der Waals surface area contributed by atoms with Crippen LogP contribution in [0.1, 0.15) is 13.3 Å². The van der Waals surface area contributed by atoms with E-state index in [4.69, 9.17) is 11.5 Å². The number of hydrogen-bond acceptors (Lipinski definition) is 1. The van der Waals surface area contributed by atoms with E-state index in [9.17, 15) is 4.79 Å². The van der Waals surface area contributed by atoms with Gasteiger partial charge in [-0.1, -0.05) is 5.92 Å². The van der Waals surface area contributed by atoms with Gasteiger partial charge in [0.1, 0.15) is 5.92 Å². The summed E-state index contributed by atoms with van der Waals surface area (Å²) in [6.07, 6.45) is 5.09. The standard InChI is InChI=1S/C8H8O2/c1-3-5-7(6-4-2)8(9)10/h1,7H,5H2,2H3,(H,9,10). The summed E-state index contributed by atoms with van der Waals surface area (Å²) in [4.78, 5) is 10.3. The minimum Gasteiger partial charge on any atom is -0.480 e. The zero-order valence-corrected chi connectivity index (χ0v) is 5.72. The highest BCUT2D eigenvalue weighted by molar-refractivity contribution is 5.73. The summed E-state index contributed by atoms with van der Waals surface area (Å²) in [5.41, 5.74) is 0. The quantitative estimate of drug-likeness (QED) is 0.568. The molecule has 0 bridgehead atoms. The van der Waals surface area contributed by atoms with Crippen LogP contribution in [0.5, 0.6) is 0 Å². The molecule has 0 radical (unpaired) electrons. The molecule has 0 spiro atoms. The van der Waals surface area contributed by atoms with Crippen molar-refractivity contribution in [2.75, 3.05) is 0 Å². The molecule has 0 aliphatic rings. The highest BCUT2D eigenvalue weighted by Crippen LogP contribution is 1.99. The lowest BCUT2D eigenvalue weighted by atomic mass is 10.1. The van der Waals surface area contributed by atoms with Crippen LogP contribution >= 0.6 is 0 Å². The second-order valence-corrected chi connectivity index (χ2v) is 1.69. The van der Waals surface area contributed by atoms with E-state index in [1.807, 2.05) is 0 Å². The molecule has 0 aliphatic heterocycles. The van der Waals surface area contributed by atoms with Crippen LogP contribution in [-0.4, -0.2) is 11.1 Å². The summed E-state index contributed by atoms with van der Waals surface area (Å²) in [6.45, 7) is 1.59. The Bertz CT molecular complexity index is 212. The Balaban J connectivity index is 4.10. The Morgan fingerprint density at radius 1 is 1.80 bits per heavy atom. The van der Waals surface area contributed by atoms with Crippen LogP contribution in [0.25, 0.3) is 0 Å². The lowest BCUT2D eigenvalue weighted by molar-refractivity contribution is -0.139. The van der Waals surface area contributed by atoms with Crippen molar-refractivity contribution in [1.29, 1.82) is 0 Å². The highest BCUT2D eigenvalue weighted by Gasteiger charge is 2.11. The Kier molecular flexibility index (Phi) is 3.84. The van der Waals surface area contributed by atoms with Crippen molar-refractivity contribution in [3.05, 3.63) is 0 Å². The van der Waals surface area contributed by atoms with Crippen molar-refractivity contribution >= 4 is 5.97 Å². The monoisotopic (exact) mass is 136 g/mol. The van der Waals surface area contributed by atoms with E-state index in [1.54, 1.807) is 6.92 Å². The van der Waals surface area contributed by atoms with Crippen LogP contribution in [0.2, 0.25) is 0 Å². The third-order valence-corrected chi connectivity index (χ3v) is 0.939. The molecule has 0 saturated carbocycles. The van der Waals surface area contributed by atoms with E-state index in [0.29, 0.717) is 0 Å². The molecule has 1 unspecified atom stereocenters. The van der Waals surface area contributed by atoms with Crippen molar-refractivity contribution in [2.45, 2.75) is 13.3 Å². The second kappa shape index (κ2) is 4.47. The van der Waals surface area contributed by atoms with Crippen molar-refractivity contribution in [2.24, 2.45) is 5.92 Å². The number of rotatable bonds is 2. The maximum Gasteiger partial charge on any atom is 0.319 e. The maximum atomic E-state index is 10.3. The van der Waals surface area contributed by atoms with Gasteiger partial charge in [0.15, 0.2) is 0 Å². The van der Waals surface area contributed by atoms with Gasteiger partial charge in [-0.15, -0.1) is 18.3 Å². The third kappa shape index (κ3) is 2.79. The van der Waals surface area contributed by atoms with Gasteiger partial charge >= 0.3 is 5.97 Å². The molecule has 2 heteroatoms. The van der Waals surface area contributed by atoms with E-state index in [2.05, 4.69) is 17.8 Å². The van der Waals surface area contributed by atoms with Crippen molar-refractivity contribution in [3.63, 3.8) is 0 Å². The number of carboxylic acid groups (broad SMARTS) is 1. The first-order chi connectivity index (χ1) is 4.72. The molecule has 0 aliphatic carbocycles. The summed E-state index contributed by atoms with van der Waals surface area (Å²) in [7, 11) is 0. The van der Waals surface area contributed by atoms with Gasteiger partial charge in [-0.25, -0.2) is 0 Å². The van der Waals surface area contributed by atoms with Crippen LogP contribution in [0.15, 0.2) is 0 Å². The van der Waals surface area contributed by atoms with E-state index in [1.165, 1.54) is 0 Å². The molecule has 1 N–H and O–H groups in total. The molecule has 0 aromatic rings. The van der Waals surface area contributed by atoms with Crippen LogP contribution < -0.4 is 0 Å². The van der Waals surface area contributed by atoms with Gasteiger partial charge in [-0.3, -0.25) is 4.79 Å². The molecule has 52 valence electrons. The lowest BCUT2D eigenvalue weighted by Gasteiger charge is -1.96. The molecular weight excluding hydrogens is 128 g/mol.